The minimum atomic E-state index is -0.633. The van der Waals surface area contributed by atoms with Crippen LogP contribution in [-0.2, 0) is 9.53 Å². The van der Waals surface area contributed by atoms with Crippen LogP contribution in [0.15, 0.2) is 24.3 Å². The highest BCUT2D eigenvalue weighted by Crippen LogP contribution is 2.22. The van der Waals surface area contributed by atoms with Crippen molar-refractivity contribution in [2.24, 2.45) is 0 Å². The number of carbonyl (C=O) groups excluding carboxylic acids is 2. The number of nitrogens with one attached hydrogen (secondary N) is 1. The Hall–Kier alpha value is -2.08. The van der Waals surface area contributed by atoms with Gasteiger partial charge in [0, 0.05) is 12.6 Å². The number of hydrogen-bond donors (Lipinski definition) is 2. The van der Waals surface area contributed by atoms with E-state index in [2.05, 4.69) is 5.32 Å². The largest absolute Gasteiger partial charge is 0.507 e. The Morgan fingerprint density at radius 2 is 2.05 bits per heavy atom. The van der Waals surface area contributed by atoms with Crippen molar-refractivity contribution >= 4 is 11.8 Å². The predicted octanol–water partition coefficient (Wildman–Crippen LogP) is 0.512. The molecule has 6 nitrogen and oxygen atoms in total. The van der Waals surface area contributed by atoms with Crippen LogP contribution in [0.2, 0.25) is 0 Å². The van der Waals surface area contributed by atoms with Crippen LogP contribution < -0.4 is 5.32 Å². The Labute approximate surface area is 122 Å². The quantitative estimate of drug-likeness (QED) is 0.850. The number of para-hydroxylation sites is 1. The maximum atomic E-state index is 12.6. The van der Waals surface area contributed by atoms with Gasteiger partial charge in [-0.25, -0.2) is 0 Å². The van der Waals surface area contributed by atoms with E-state index < -0.39 is 6.04 Å². The first-order chi connectivity index (χ1) is 10.2. The summed E-state index contributed by atoms with van der Waals surface area (Å²) in [6.07, 6.45) is 1.99. The van der Waals surface area contributed by atoms with E-state index in [4.69, 9.17) is 4.74 Å². The number of benzene rings is 1. The van der Waals surface area contributed by atoms with E-state index in [0.29, 0.717) is 13.2 Å². The molecule has 1 saturated heterocycles. The Morgan fingerprint density at radius 3 is 2.76 bits per heavy atom. The molecule has 1 aromatic rings. The third-order valence-electron chi connectivity index (χ3n) is 3.75. The molecule has 2 N–H and O–H groups in total. The van der Waals surface area contributed by atoms with E-state index in [1.54, 1.807) is 18.2 Å². The lowest BCUT2D eigenvalue weighted by Crippen LogP contribution is -2.56. The molecule has 0 bridgehead atoms. The molecule has 112 valence electrons. The standard InChI is InChI=1S/C15H18N2O4/c18-13-4-2-1-3-11(13)15(20)17-7-8-21-9-12(17)14(19)16-10-5-6-10/h1-4,10,12,18H,5-9H2,(H,16,19). The van der Waals surface area contributed by atoms with Crippen molar-refractivity contribution in [2.75, 3.05) is 19.8 Å². The predicted molar refractivity (Wildman–Crippen MR) is 74.9 cm³/mol. The van der Waals surface area contributed by atoms with Crippen molar-refractivity contribution < 1.29 is 19.4 Å². The van der Waals surface area contributed by atoms with Gasteiger partial charge in [-0.3, -0.25) is 9.59 Å². The molecule has 1 unspecified atom stereocenters. The van der Waals surface area contributed by atoms with Gasteiger partial charge >= 0.3 is 0 Å². The summed E-state index contributed by atoms with van der Waals surface area (Å²) in [5, 5.41) is 12.7. The highest BCUT2D eigenvalue weighted by molar-refractivity contribution is 5.99. The molecule has 21 heavy (non-hydrogen) atoms. The first kappa shape index (κ1) is 13.9. The lowest BCUT2D eigenvalue weighted by molar-refractivity contribution is -0.130. The van der Waals surface area contributed by atoms with Crippen molar-refractivity contribution in [3.63, 3.8) is 0 Å². The second-order valence-electron chi connectivity index (χ2n) is 5.39. The zero-order chi connectivity index (χ0) is 14.8. The van der Waals surface area contributed by atoms with Crippen LogP contribution in [0.4, 0.5) is 0 Å². The van der Waals surface area contributed by atoms with Gasteiger partial charge in [0.2, 0.25) is 5.91 Å². The number of carbonyl (C=O) groups is 2. The molecule has 1 aliphatic heterocycles. The van der Waals surface area contributed by atoms with E-state index in [-0.39, 0.29) is 35.8 Å². The zero-order valence-electron chi connectivity index (χ0n) is 11.6. The summed E-state index contributed by atoms with van der Waals surface area (Å²) in [5.74, 6) is -0.594. The van der Waals surface area contributed by atoms with Crippen LogP contribution in [0.3, 0.4) is 0 Å². The number of phenolic OH excluding ortho intramolecular Hbond substituents is 1. The Balaban J connectivity index is 1.78. The van der Waals surface area contributed by atoms with Crippen LogP contribution in [0.1, 0.15) is 23.2 Å². The molecule has 6 heteroatoms. The fraction of sp³-hybridized carbons (Fsp3) is 0.467. The molecule has 3 rings (SSSR count). The fourth-order valence-electron chi connectivity index (χ4n) is 2.40. The van der Waals surface area contributed by atoms with Gasteiger partial charge < -0.3 is 20.1 Å². The van der Waals surface area contributed by atoms with Crippen molar-refractivity contribution in [1.82, 2.24) is 10.2 Å². The van der Waals surface area contributed by atoms with Crippen LogP contribution in [-0.4, -0.2) is 53.7 Å². The smallest absolute Gasteiger partial charge is 0.258 e. The summed E-state index contributed by atoms with van der Waals surface area (Å²) >= 11 is 0. The number of rotatable bonds is 3. The molecule has 1 saturated carbocycles. The third kappa shape index (κ3) is 3.00. The highest BCUT2D eigenvalue weighted by Gasteiger charge is 2.36. The number of nitrogens with zero attached hydrogens (tertiary/aromatic N) is 1. The summed E-state index contributed by atoms with van der Waals surface area (Å²) < 4.78 is 5.33. The molecule has 1 atom stereocenters. The molecule has 2 amide bonds. The molecular weight excluding hydrogens is 272 g/mol. The van der Waals surface area contributed by atoms with Crippen LogP contribution in [0.25, 0.3) is 0 Å². The van der Waals surface area contributed by atoms with Gasteiger partial charge in [0.1, 0.15) is 11.8 Å². The van der Waals surface area contributed by atoms with E-state index in [9.17, 15) is 14.7 Å². The van der Waals surface area contributed by atoms with Crippen molar-refractivity contribution in [3.8, 4) is 5.75 Å². The molecule has 0 radical (unpaired) electrons. The molecule has 1 heterocycles. The Kier molecular flexibility index (Phi) is 3.79. The summed E-state index contributed by atoms with van der Waals surface area (Å²) in [5.41, 5.74) is 0.212. The third-order valence-corrected chi connectivity index (χ3v) is 3.75. The van der Waals surface area contributed by atoms with E-state index in [1.807, 2.05) is 0 Å². The number of hydrogen-bond acceptors (Lipinski definition) is 4. The van der Waals surface area contributed by atoms with Crippen molar-refractivity contribution in [1.29, 1.82) is 0 Å². The summed E-state index contributed by atoms with van der Waals surface area (Å²) in [7, 11) is 0. The van der Waals surface area contributed by atoms with Crippen molar-refractivity contribution in [2.45, 2.75) is 24.9 Å². The lowest BCUT2D eigenvalue weighted by atomic mass is 10.1. The second-order valence-corrected chi connectivity index (χ2v) is 5.39. The topological polar surface area (TPSA) is 78.9 Å². The molecule has 0 aromatic heterocycles. The molecule has 0 spiro atoms. The van der Waals surface area contributed by atoms with E-state index in [1.165, 1.54) is 11.0 Å². The minimum absolute atomic E-state index is 0.0738. The molecular formula is C15H18N2O4. The van der Waals surface area contributed by atoms with Gasteiger partial charge in [0.05, 0.1) is 18.8 Å². The van der Waals surface area contributed by atoms with Gasteiger partial charge in [0.25, 0.3) is 5.91 Å². The molecule has 2 aliphatic rings. The maximum Gasteiger partial charge on any atom is 0.258 e. The number of amides is 2. The zero-order valence-corrected chi connectivity index (χ0v) is 11.6. The average molecular weight is 290 g/mol. The number of phenols is 1. The van der Waals surface area contributed by atoms with Gasteiger partial charge in [-0.05, 0) is 25.0 Å². The summed E-state index contributed by atoms with van der Waals surface area (Å²) in [6.45, 7) is 0.931. The van der Waals surface area contributed by atoms with Crippen LogP contribution in [0.5, 0.6) is 5.75 Å². The monoisotopic (exact) mass is 290 g/mol. The molecule has 2 fully saturated rings. The number of morpholine rings is 1. The fourth-order valence-corrected chi connectivity index (χ4v) is 2.40. The normalized spacial score (nSPS) is 21.9. The summed E-state index contributed by atoms with van der Waals surface area (Å²) in [6, 6.07) is 5.97. The van der Waals surface area contributed by atoms with Gasteiger partial charge in [0.15, 0.2) is 0 Å². The number of ether oxygens (including phenoxy) is 1. The van der Waals surface area contributed by atoms with E-state index >= 15 is 0 Å². The first-order valence-electron chi connectivity index (χ1n) is 7.14. The lowest BCUT2D eigenvalue weighted by Gasteiger charge is -2.34. The Bertz CT molecular complexity index is 556. The average Bonchev–Trinajstić information content (AvgIpc) is 3.31. The van der Waals surface area contributed by atoms with Crippen molar-refractivity contribution in [3.05, 3.63) is 29.8 Å². The maximum absolute atomic E-state index is 12.6. The SMILES string of the molecule is O=C(NC1CC1)C1COCCN1C(=O)c1ccccc1O. The summed E-state index contributed by atoms with van der Waals surface area (Å²) in [4.78, 5) is 26.3. The molecule has 1 aromatic carbocycles. The highest BCUT2D eigenvalue weighted by atomic mass is 16.5. The minimum Gasteiger partial charge on any atom is -0.507 e. The van der Waals surface area contributed by atoms with Crippen LogP contribution >= 0.6 is 0 Å². The Morgan fingerprint density at radius 1 is 1.29 bits per heavy atom. The van der Waals surface area contributed by atoms with Gasteiger partial charge in [-0.2, -0.15) is 0 Å². The van der Waals surface area contributed by atoms with Crippen LogP contribution in [0, 0.1) is 0 Å². The first-order valence-corrected chi connectivity index (χ1v) is 7.14. The van der Waals surface area contributed by atoms with E-state index in [0.717, 1.165) is 12.8 Å². The second kappa shape index (κ2) is 5.73. The molecule has 1 aliphatic carbocycles. The number of aromatic hydroxyl groups is 1. The van der Waals surface area contributed by atoms with Gasteiger partial charge in [-0.1, -0.05) is 12.1 Å². The van der Waals surface area contributed by atoms with Gasteiger partial charge in [-0.15, -0.1) is 0 Å².